The van der Waals surface area contributed by atoms with Crippen molar-refractivity contribution < 1.29 is 178 Å². The maximum Gasteiger partial charge on any atom is 0.187 e. The number of hydrogen-bond acceptors (Lipinski definition) is 35. The molecule has 14 bridgehead atoms. The minimum absolute atomic E-state index is 0.151. The Morgan fingerprint density at radius 1 is 0.256 bits per heavy atom. The van der Waals surface area contributed by atoms with Gasteiger partial charge in [-0.1, -0.05) is 0 Å². The van der Waals surface area contributed by atoms with Gasteiger partial charge in [0, 0.05) is 0 Å². The number of quaternary nitrogens is 1. The largest absolute Gasteiger partial charge is 0.394 e. The zero-order valence-electron chi connectivity index (χ0n) is 44.4. The Balaban J connectivity index is 1.10. The maximum absolute atomic E-state index is 11.7. The van der Waals surface area contributed by atoms with Gasteiger partial charge in [-0.3, -0.25) is 0 Å². The maximum atomic E-state index is 11.7. The SMILES string of the molecule is CC[N+](C)(C)OC[C@@H]1O[C@@H]2O[C@H]3[C@H](O)[C@H](O)[C@@H](O[C@H]4[C@@H](O)[C@H](O)[C@@H](O[C@H]5[C@H](O)[C@@H](O)[C@@H](O[C@H]6[C@H](O)[C@@H](O)[C@@H](O[C@H]7[C@H](O)[C@@H](O)[C@@H](O[C@H]8[C@H](O)[C@@H](O)[C@@H](O[C@H]1[C@H](O)[C@H]2O)O[C@H]8CO)O[C@H]7CO)O[C@H]6CO)O[C@@H]5CO)O[C@@H]4CO)O[C@@H]3CO. The molecule has 35 atom stereocenters. The number of ether oxygens (including phenoxy) is 14. The van der Waals surface area contributed by atoms with E-state index in [-0.39, 0.29) is 4.65 Å². The molecule has 0 spiro atoms. The molecule has 36 nitrogen and oxygen atoms in total. The highest BCUT2D eigenvalue weighted by Crippen LogP contribution is 2.39. The normalized spacial score (nSPS) is 52.9. The Labute approximate surface area is 466 Å². The molecular weight excluding hydrogens is 1130 g/mol. The minimum Gasteiger partial charge on any atom is -0.394 e. The van der Waals surface area contributed by atoms with Crippen LogP contribution in [0.1, 0.15) is 6.92 Å². The van der Waals surface area contributed by atoms with Crippen molar-refractivity contribution in [3.8, 4) is 0 Å². The summed E-state index contributed by atoms with van der Waals surface area (Å²) in [5.41, 5.74) is 0. The second-order valence-corrected chi connectivity index (χ2v) is 21.7. The van der Waals surface area contributed by atoms with E-state index in [1.165, 1.54) is 0 Å². The van der Waals surface area contributed by atoms with E-state index in [4.69, 9.17) is 71.2 Å². The first-order valence-corrected chi connectivity index (χ1v) is 26.7. The molecule has 21 heterocycles. The van der Waals surface area contributed by atoms with Crippen LogP contribution in [0.15, 0.2) is 0 Å². The minimum atomic E-state index is -2.21. The molecule has 0 aromatic rings. The smallest absolute Gasteiger partial charge is 0.187 e. The summed E-state index contributed by atoms with van der Waals surface area (Å²) in [5, 5.41) is 223. The highest BCUT2D eigenvalue weighted by molar-refractivity contribution is 5.01. The molecule has 21 aliphatic rings. The fourth-order valence-corrected chi connectivity index (χ4v) is 10.8. The molecular formula is C46H80NO35+. The average Bonchev–Trinajstić information content (AvgIpc) is 3.18. The monoisotopic (exact) mass is 1210 g/mol. The van der Waals surface area contributed by atoms with Gasteiger partial charge >= 0.3 is 0 Å². The number of hydroxylamine groups is 3. The molecule has 21 rings (SSSR count). The van der Waals surface area contributed by atoms with Gasteiger partial charge in [0.25, 0.3) is 0 Å². The van der Waals surface area contributed by atoms with Gasteiger partial charge in [0.1, 0.15) is 184 Å². The summed E-state index contributed by atoms with van der Waals surface area (Å²) in [6, 6.07) is 0. The summed E-state index contributed by atoms with van der Waals surface area (Å²) >= 11 is 0. The highest BCUT2D eigenvalue weighted by atomic mass is 16.8. The van der Waals surface area contributed by atoms with Crippen LogP contribution in [0.2, 0.25) is 0 Å². The predicted molar refractivity (Wildman–Crippen MR) is 250 cm³/mol. The lowest BCUT2D eigenvalue weighted by Gasteiger charge is -2.50. The standard InChI is InChI=1S/C46H80NO35/c1-4-47(2,3)68-11-18-39-25(60)32(67)46(75-18)81-38-17(10-53)73-44(30(65)23(38)58)79-36-15(8-51)71-42(28(63)21(36)56)77-34-13(6-49)69-40(26(61)19(34)54)76-33-12(5-48)70-41(27(62)20(33)55)78-35-14(7-50)72-43(29(64)22(35)57)80-37-16(9-52)74-45(82-39)31(66)24(37)59/h12-46,48-67H,4-11H2,1-3H3/q+1/t12-,13+,14-,15+,16-,17+,18-,19+,20+,21-,22+,23+,24+,25+,26+,27+,28-,29+,30-,31+,32+,33+,34+,35+,36+,37+,38+,39+,40+,41+,42+,43+,44+,45+,46+/m0/s1. The van der Waals surface area contributed by atoms with E-state index in [0.29, 0.717) is 6.54 Å². The number of nitrogens with zero attached hydrogens (tertiary/aromatic N) is 1. The molecule has 0 radical (unpaired) electrons. The Morgan fingerprint density at radius 3 is 0.573 bits per heavy atom. The lowest BCUT2D eigenvalue weighted by atomic mass is 9.95. The zero-order chi connectivity index (χ0) is 60.0. The summed E-state index contributed by atoms with van der Waals surface area (Å²) in [6.45, 7) is -4.62. The van der Waals surface area contributed by atoms with Gasteiger partial charge in [0.05, 0.1) is 53.7 Å². The van der Waals surface area contributed by atoms with Crippen LogP contribution >= 0.6 is 0 Å². The summed E-state index contributed by atoms with van der Waals surface area (Å²) in [4.78, 5) is 5.99. The van der Waals surface area contributed by atoms with E-state index >= 15 is 0 Å². The van der Waals surface area contributed by atoms with Crippen LogP contribution < -0.4 is 0 Å². The van der Waals surface area contributed by atoms with E-state index in [0.717, 1.165) is 0 Å². The van der Waals surface area contributed by atoms with Gasteiger partial charge in [-0.15, -0.1) is 0 Å². The van der Waals surface area contributed by atoms with Crippen LogP contribution in [0.25, 0.3) is 0 Å². The van der Waals surface area contributed by atoms with Crippen molar-refractivity contribution in [1.29, 1.82) is 0 Å². The molecule has 21 saturated heterocycles. The first-order chi connectivity index (χ1) is 38.9. The fraction of sp³-hybridized carbons (Fsp3) is 1.00. The van der Waals surface area contributed by atoms with E-state index in [2.05, 4.69) is 0 Å². The molecule has 0 amide bonds. The molecule has 21 fully saturated rings. The Kier molecular flexibility index (Phi) is 22.7. The third-order valence-electron chi connectivity index (χ3n) is 16.0. The number of aliphatic hydroxyl groups is 20. The van der Waals surface area contributed by atoms with Crippen LogP contribution in [0.5, 0.6) is 0 Å². The molecule has 36 heteroatoms. The molecule has 0 unspecified atom stereocenters. The van der Waals surface area contributed by atoms with Crippen LogP contribution in [-0.2, 0) is 71.2 Å². The second-order valence-electron chi connectivity index (χ2n) is 21.7. The molecule has 20 N–H and O–H groups in total. The molecule has 0 aliphatic carbocycles. The first-order valence-electron chi connectivity index (χ1n) is 26.7. The van der Waals surface area contributed by atoms with Crippen molar-refractivity contribution in [3.63, 3.8) is 0 Å². The summed E-state index contributed by atoms with van der Waals surface area (Å²) in [6.07, 6.45) is -69.6. The van der Waals surface area contributed by atoms with Crippen molar-refractivity contribution in [3.05, 3.63) is 0 Å². The fourth-order valence-electron chi connectivity index (χ4n) is 10.8. The molecule has 21 aliphatic heterocycles. The second kappa shape index (κ2) is 27.9. The Hall–Kier alpha value is -1.44. The summed E-state index contributed by atoms with van der Waals surface area (Å²) in [5.74, 6) is 0. The van der Waals surface area contributed by atoms with E-state index in [9.17, 15) is 102 Å². The number of hydrogen-bond donors (Lipinski definition) is 20. The summed E-state index contributed by atoms with van der Waals surface area (Å²) in [7, 11) is 3.27. The number of rotatable bonds is 10. The predicted octanol–water partition coefficient (Wildman–Crippen LogP) is -14.2. The lowest BCUT2D eigenvalue weighted by Crippen LogP contribution is -2.68. The number of aliphatic hydroxyl groups excluding tert-OH is 20. The first kappa shape index (κ1) is 66.5. The van der Waals surface area contributed by atoms with Crippen molar-refractivity contribution in [2.75, 3.05) is 66.9 Å². The molecule has 82 heavy (non-hydrogen) atoms. The van der Waals surface area contributed by atoms with Crippen molar-refractivity contribution in [2.45, 2.75) is 222 Å². The Bertz CT molecular complexity index is 1960. The van der Waals surface area contributed by atoms with Crippen LogP contribution in [-0.4, -0.2) is 389 Å². The Morgan fingerprint density at radius 2 is 0.415 bits per heavy atom. The van der Waals surface area contributed by atoms with Crippen molar-refractivity contribution >= 4 is 0 Å². The van der Waals surface area contributed by atoms with Crippen LogP contribution in [0.4, 0.5) is 0 Å². The zero-order valence-corrected chi connectivity index (χ0v) is 44.4. The van der Waals surface area contributed by atoms with Crippen molar-refractivity contribution in [2.24, 2.45) is 0 Å². The van der Waals surface area contributed by atoms with Gasteiger partial charge in [0.15, 0.2) is 44.0 Å². The van der Waals surface area contributed by atoms with Gasteiger partial charge in [0.2, 0.25) is 0 Å². The third-order valence-corrected chi connectivity index (χ3v) is 16.0. The molecule has 0 saturated carbocycles. The molecule has 0 aromatic heterocycles. The van der Waals surface area contributed by atoms with Crippen LogP contribution in [0.3, 0.4) is 0 Å². The molecule has 478 valence electrons. The average molecular weight is 1210 g/mol. The van der Waals surface area contributed by atoms with Gasteiger partial charge in [-0.05, 0) is 6.92 Å². The summed E-state index contributed by atoms with van der Waals surface area (Å²) < 4.78 is 80.9. The van der Waals surface area contributed by atoms with Gasteiger partial charge in [-0.25, -0.2) is 4.84 Å². The van der Waals surface area contributed by atoms with E-state index in [1.54, 1.807) is 21.0 Å². The van der Waals surface area contributed by atoms with Crippen LogP contribution in [0, 0.1) is 0 Å². The van der Waals surface area contributed by atoms with E-state index < -0.39 is 261 Å². The topological polar surface area (TPSA) is 543 Å². The van der Waals surface area contributed by atoms with Gasteiger partial charge in [-0.2, -0.15) is 4.65 Å². The lowest BCUT2D eigenvalue weighted by molar-refractivity contribution is -1.08. The quantitative estimate of drug-likeness (QED) is 0.0713. The van der Waals surface area contributed by atoms with Crippen molar-refractivity contribution in [1.82, 2.24) is 0 Å². The van der Waals surface area contributed by atoms with Gasteiger partial charge < -0.3 is 168 Å². The highest BCUT2D eigenvalue weighted by Gasteiger charge is 2.60. The molecule has 0 aromatic carbocycles. The third kappa shape index (κ3) is 13.4. The van der Waals surface area contributed by atoms with E-state index in [1.807, 2.05) is 0 Å².